The van der Waals surface area contributed by atoms with Gasteiger partial charge in [0, 0.05) is 18.5 Å². The van der Waals surface area contributed by atoms with Crippen LogP contribution in [0.15, 0.2) is 0 Å². The lowest BCUT2D eigenvalue weighted by atomic mass is 9.79. The molecule has 1 fully saturated rings. The molecule has 0 heterocycles. The zero-order chi connectivity index (χ0) is 13.9. The summed E-state index contributed by atoms with van der Waals surface area (Å²) in [6, 6.07) is 0.105. The van der Waals surface area contributed by atoms with Crippen LogP contribution in [0.5, 0.6) is 0 Å². The predicted octanol–water partition coefficient (Wildman–Crippen LogP) is 0.378. The van der Waals surface area contributed by atoms with Crippen LogP contribution in [-0.4, -0.2) is 24.4 Å². The number of carbonyl (C=O) groups is 2. The highest BCUT2D eigenvalue weighted by atomic mass is 16.2. The summed E-state index contributed by atoms with van der Waals surface area (Å²) in [7, 11) is 0. The lowest BCUT2D eigenvalue weighted by molar-refractivity contribution is -0.129. The summed E-state index contributed by atoms with van der Waals surface area (Å²) in [4.78, 5) is 23.2. The van der Waals surface area contributed by atoms with Crippen molar-refractivity contribution in [1.82, 2.24) is 5.32 Å². The highest BCUT2D eigenvalue weighted by Crippen LogP contribution is 2.28. The van der Waals surface area contributed by atoms with Crippen molar-refractivity contribution in [3.05, 3.63) is 0 Å². The van der Waals surface area contributed by atoms with Gasteiger partial charge in [-0.3, -0.25) is 9.59 Å². The fourth-order valence-corrected chi connectivity index (χ4v) is 2.41. The van der Waals surface area contributed by atoms with E-state index < -0.39 is 11.3 Å². The van der Waals surface area contributed by atoms with Crippen LogP contribution >= 0.6 is 0 Å². The van der Waals surface area contributed by atoms with E-state index in [1.165, 1.54) is 0 Å². The van der Waals surface area contributed by atoms with E-state index in [-0.39, 0.29) is 24.4 Å². The molecule has 1 rings (SSSR count). The molecule has 1 aliphatic carbocycles. The Kier molecular flexibility index (Phi) is 4.73. The van der Waals surface area contributed by atoms with Crippen molar-refractivity contribution >= 4 is 11.8 Å². The summed E-state index contributed by atoms with van der Waals surface area (Å²) in [5, 5.41) is 2.82. The summed E-state index contributed by atoms with van der Waals surface area (Å²) in [5.74, 6) is 0.0314. The molecule has 5 nitrogen and oxygen atoms in total. The SMILES string of the molecule is CC1CC(N)CC(C(=O)NCC(C)(C)C(N)=O)C1. The van der Waals surface area contributed by atoms with Gasteiger partial charge in [-0.05, 0) is 39.0 Å². The van der Waals surface area contributed by atoms with Crippen molar-refractivity contribution in [2.75, 3.05) is 6.54 Å². The smallest absolute Gasteiger partial charge is 0.224 e. The van der Waals surface area contributed by atoms with E-state index in [4.69, 9.17) is 11.5 Å². The molecule has 104 valence electrons. The van der Waals surface area contributed by atoms with E-state index in [9.17, 15) is 9.59 Å². The summed E-state index contributed by atoms with van der Waals surface area (Å²) in [5.41, 5.74) is 10.5. The standard InChI is InChI=1S/C13H25N3O2/c1-8-4-9(6-10(14)5-8)11(17)16-7-13(2,3)12(15)18/h8-10H,4-7,14H2,1-3H3,(H2,15,18)(H,16,17). The molecule has 0 radical (unpaired) electrons. The first-order valence-electron chi connectivity index (χ1n) is 6.55. The summed E-state index contributed by atoms with van der Waals surface area (Å²) in [6.45, 7) is 5.85. The molecule has 1 aliphatic rings. The van der Waals surface area contributed by atoms with Crippen molar-refractivity contribution in [3.63, 3.8) is 0 Å². The fraction of sp³-hybridized carbons (Fsp3) is 0.846. The number of hydrogen-bond donors (Lipinski definition) is 3. The van der Waals surface area contributed by atoms with E-state index in [2.05, 4.69) is 12.2 Å². The van der Waals surface area contributed by atoms with Crippen LogP contribution < -0.4 is 16.8 Å². The van der Waals surface area contributed by atoms with Crippen molar-refractivity contribution in [1.29, 1.82) is 0 Å². The van der Waals surface area contributed by atoms with Crippen molar-refractivity contribution < 1.29 is 9.59 Å². The minimum Gasteiger partial charge on any atom is -0.369 e. The number of carbonyl (C=O) groups excluding carboxylic acids is 2. The zero-order valence-electron chi connectivity index (χ0n) is 11.5. The van der Waals surface area contributed by atoms with Crippen LogP contribution in [-0.2, 0) is 9.59 Å². The largest absolute Gasteiger partial charge is 0.369 e. The molecule has 5 N–H and O–H groups in total. The third-order valence-electron chi connectivity index (χ3n) is 3.72. The lowest BCUT2D eigenvalue weighted by Crippen LogP contribution is -2.46. The Morgan fingerprint density at radius 2 is 1.89 bits per heavy atom. The molecular weight excluding hydrogens is 230 g/mol. The van der Waals surface area contributed by atoms with Crippen LogP contribution in [0, 0.1) is 17.3 Å². The van der Waals surface area contributed by atoms with E-state index in [1.54, 1.807) is 13.8 Å². The van der Waals surface area contributed by atoms with Crippen LogP contribution in [0.4, 0.5) is 0 Å². The topological polar surface area (TPSA) is 98.2 Å². The van der Waals surface area contributed by atoms with Gasteiger partial charge in [0.05, 0.1) is 5.41 Å². The van der Waals surface area contributed by atoms with Gasteiger partial charge in [-0.2, -0.15) is 0 Å². The molecule has 2 amide bonds. The minimum absolute atomic E-state index is 0.00803. The van der Waals surface area contributed by atoms with Gasteiger partial charge < -0.3 is 16.8 Å². The molecule has 0 aromatic heterocycles. The Bertz CT molecular complexity index is 318. The zero-order valence-corrected chi connectivity index (χ0v) is 11.5. The van der Waals surface area contributed by atoms with Gasteiger partial charge in [-0.1, -0.05) is 6.92 Å². The van der Waals surface area contributed by atoms with Crippen LogP contribution in [0.1, 0.15) is 40.0 Å². The minimum atomic E-state index is -0.710. The second-order valence-electron chi connectivity index (χ2n) is 6.24. The Morgan fingerprint density at radius 1 is 1.28 bits per heavy atom. The average molecular weight is 255 g/mol. The maximum absolute atomic E-state index is 12.0. The number of primary amides is 1. The molecule has 0 aliphatic heterocycles. The Hall–Kier alpha value is -1.10. The highest BCUT2D eigenvalue weighted by Gasteiger charge is 2.31. The molecule has 18 heavy (non-hydrogen) atoms. The summed E-state index contributed by atoms with van der Waals surface area (Å²) in [6.07, 6.45) is 2.58. The van der Waals surface area contributed by atoms with E-state index in [0.29, 0.717) is 5.92 Å². The fourth-order valence-electron chi connectivity index (χ4n) is 2.41. The second-order valence-corrected chi connectivity index (χ2v) is 6.24. The van der Waals surface area contributed by atoms with Crippen molar-refractivity contribution in [3.8, 4) is 0 Å². The lowest BCUT2D eigenvalue weighted by Gasteiger charge is -2.31. The molecule has 0 bridgehead atoms. The van der Waals surface area contributed by atoms with Gasteiger partial charge in [0.1, 0.15) is 0 Å². The first-order chi connectivity index (χ1) is 8.22. The third-order valence-corrected chi connectivity index (χ3v) is 3.72. The van der Waals surface area contributed by atoms with Crippen molar-refractivity contribution in [2.45, 2.75) is 46.1 Å². The maximum atomic E-state index is 12.0. The molecule has 0 aromatic rings. The second kappa shape index (κ2) is 5.69. The molecule has 0 aromatic carbocycles. The monoisotopic (exact) mass is 255 g/mol. The highest BCUT2D eigenvalue weighted by molar-refractivity contribution is 5.82. The van der Waals surface area contributed by atoms with E-state index in [0.717, 1.165) is 19.3 Å². The van der Waals surface area contributed by atoms with Gasteiger partial charge in [0.25, 0.3) is 0 Å². The number of nitrogens with one attached hydrogen (secondary N) is 1. The predicted molar refractivity (Wildman–Crippen MR) is 70.5 cm³/mol. The van der Waals surface area contributed by atoms with Gasteiger partial charge >= 0.3 is 0 Å². The number of amides is 2. The Balaban J connectivity index is 2.48. The van der Waals surface area contributed by atoms with Crippen LogP contribution in [0.3, 0.4) is 0 Å². The van der Waals surface area contributed by atoms with Gasteiger partial charge in [-0.15, -0.1) is 0 Å². The average Bonchev–Trinajstić information content (AvgIpc) is 2.24. The molecule has 3 atom stereocenters. The van der Waals surface area contributed by atoms with Gasteiger partial charge in [0.2, 0.25) is 11.8 Å². The summed E-state index contributed by atoms with van der Waals surface area (Å²) >= 11 is 0. The maximum Gasteiger partial charge on any atom is 0.224 e. The normalized spacial score (nSPS) is 28.8. The molecule has 5 heteroatoms. The van der Waals surface area contributed by atoms with Crippen LogP contribution in [0.25, 0.3) is 0 Å². The van der Waals surface area contributed by atoms with Crippen LogP contribution in [0.2, 0.25) is 0 Å². The van der Waals surface area contributed by atoms with E-state index in [1.807, 2.05) is 0 Å². The van der Waals surface area contributed by atoms with Gasteiger partial charge in [0.15, 0.2) is 0 Å². The Labute approximate surface area is 109 Å². The van der Waals surface area contributed by atoms with Crippen molar-refractivity contribution in [2.24, 2.45) is 28.7 Å². The van der Waals surface area contributed by atoms with Gasteiger partial charge in [-0.25, -0.2) is 0 Å². The Morgan fingerprint density at radius 3 is 2.39 bits per heavy atom. The third kappa shape index (κ3) is 3.98. The molecule has 0 saturated heterocycles. The first kappa shape index (κ1) is 15.0. The molecule has 3 unspecified atom stereocenters. The van der Waals surface area contributed by atoms with E-state index >= 15 is 0 Å². The molecule has 1 saturated carbocycles. The quantitative estimate of drug-likeness (QED) is 0.677. The summed E-state index contributed by atoms with van der Waals surface area (Å²) < 4.78 is 0. The first-order valence-corrected chi connectivity index (χ1v) is 6.55. The number of nitrogens with two attached hydrogens (primary N) is 2. The molecule has 0 spiro atoms. The molecular formula is C13H25N3O2. The number of rotatable bonds is 4. The number of hydrogen-bond acceptors (Lipinski definition) is 3.